The van der Waals surface area contributed by atoms with E-state index >= 15 is 0 Å². The third-order valence-electron chi connectivity index (χ3n) is 6.55. The maximum atomic E-state index is 13.1. The number of nitrogens with zero attached hydrogens (tertiary/aromatic N) is 4. The highest BCUT2D eigenvalue weighted by atomic mass is 32.2. The second-order valence-electron chi connectivity index (χ2n) is 10.4. The van der Waals surface area contributed by atoms with Crippen molar-refractivity contribution >= 4 is 27.9 Å². The quantitative estimate of drug-likeness (QED) is 0.0503. The molecule has 0 bridgehead atoms. The second kappa shape index (κ2) is 24.9. The molecule has 1 saturated heterocycles. The average Bonchev–Trinajstić information content (AvgIpc) is 2.98. The van der Waals surface area contributed by atoms with Crippen molar-refractivity contribution in [1.82, 2.24) is 14.9 Å². The summed E-state index contributed by atoms with van der Waals surface area (Å²) in [5.74, 6) is 1.24. The monoisotopic (exact) mass is 656 g/mol. The van der Waals surface area contributed by atoms with Crippen molar-refractivity contribution in [2.45, 2.75) is 39.2 Å². The topological polar surface area (TPSA) is 194 Å². The predicted octanol–water partition coefficient (Wildman–Crippen LogP) is 1.61. The van der Waals surface area contributed by atoms with Gasteiger partial charge in [-0.2, -0.15) is 11.8 Å². The van der Waals surface area contributed by atoms with Crippen LogP contribution in [0.4, 0.5) is 4.79 Å². The lowest BCUT2D eigenvalue weighted by Crippen LogP contribution is -2.48. The van der Waals surface area contributed by atoms with Crippen molar-refractivity contribution in [3.05, 3.63) is 10.4 Å². The van der Waals surface area contributed by atoms with Crippen LogP contribution in [0.3, 0.4) is 0 Å². The van der Waals surface area contributed by atoms with E-state index in [9.17, 15) is 13.2 Å². The van der Waals surface area contributed by atoms with Crippen molar-refractivity contribution in [2.24, 2.45) is 10.5 Å². The van der Waals surface area contributed by atoms with Gasteiger partial charge in [-0.1, -0.05) is 19.0 Å². The van der Waals surface area contributed by atoms with Gasteiger partial charge in [-0.3, -0.25) is 0 Å². The first kappa shape index (κ1) is 39.6. The van der Waals surface area contributed by atoms with Gasteiger partial charge in [0.25, 0.3) is 0 Å². The number of amides is 1. The molecule has 1 unspecified atom stereocenters. The molecule has 0 radical (unpaired) electrons. The molecule has 0 saturated carbocycles. The van der Waals surface area contributed by atoms with E-state index in [2.05, 4.69) is 20.7 Å². The molecule has 0 aromatic carbocycles. The normalized spacial score (nSPS) is 15.1. The van der Waals surface area contributed by atoms with E-state index in [0.717, 1.165) is 24.5 Å². The van der Waals surface area contributed by atoms with Gasteiger partial charge in [0.2, 0.25) is 10.0 Å². The van der Waals surface area contributed by atoms with Gasteiger partial charge >= 0.3 is 6.09 Å². The van der Waals surface area contributed by atoms with Crippen LogP contribution >= 0.6 is 11.8 Å². The van der Waals surface area contributed by atoms with Crippen molar-refractivity contribution in [1.29, 1.82) is 0 Å². The van der Waals surface area contributed by atoms with Gasteiger partial charge in [0.05, 0.1) is 46.2 Å². The van der Waals surface area contributed by atoms with E-state index < -0.39 is 27.6 Å². The first-order valence-electron chi connectivity index (χ1n) is 14.9. The van der Waals surface area contributed by atoms with Gasteiger partial charge in [-0.05, 0) is 37.9 Å². The summed E-state index contributed by atoms with van der Waals surface area (Å²) < 4.78 is 55.1. The first-order valence-corrected chi connectivity index (χ1v) is 17.6. The smallest absolute Gasteiger partial charge is 0.407 e. The molecule has 252 valence electrons. The van der Waals surface area contributed by atoms with Crippen molar-refractivity contribution < 1.29 is 42.0 Å². The fourth-order valence-corrected chi connectivity index (χ4v) is 6.87. The van der Waals surface area contributed by atoms with Crippen LogP contribution in [0.15, 0.2) is 5.11 Å². The summed E-state index contributed by atoms with van der Waals surface area (Å²) in [6, 6.07) is 0. The minimum absolute atomic E-state index is 0.0580. The van der Waals surface area contributed by atoms with E-state index in [1.807, 2.05) is 13.8 Å². The largest absolute Gasteiger partial charge is 0.445 e. The average molecular weight is 657 g/mol. The van der Waals surface area contributed by atoms with E-state index in [1.54, 1.807) is 11.8 Å². The number of hydrogen-bond acceptors (Lipinski definition) is 12. The summed E-state index contributed by atoms with van der Waals surface area (Å²) in [5, 5.41) is 18.3. The Labute approximate surface area is 260 Å². The highest BCUT2D eigenvalue weighted by Gasteiger charge is 2.38. The summed E-state index contributed by atoms with van der Waals surface area (Å²) in [7, 11) is -3.60. The molecule has 3 N–H and O–H groups in total. The summed E-state index contributed by atoms with van der Waals surface area (Å²) in [4.78, 5) is 15.0. The zero-order valence-corrected chi connectivity index (χ0v) is 27.4. The van der Waals surface area contributed by atoms with Gasteiger partial charge in [0.15, 0.2) is 0 Å². The molecular formula is C26H52N6O9S2. The fourth-order valence-electron chi connectivity index (χ4n) is 3.89. The van der Waals surface area contributed by atoms with Crippen LogP contribution in [-0.4, -0.2) is 146 Å². The Morgan fingerprint density at radius 3 is 2.19 bits per heavy atom. The van der Waals surface area contributed by atoms with Crippen LogP contribution in [0.1, 0.15) is 33.1 Å². The summed E-state index contributed by atoms with van der Waals surface area (Å²) in [6.45, 7) is 10.3. The molecule has 0 aromatic heterocycles. The molecule has 1 heterocycles. The summed E-state index contributed by atoms with van der Waals surface area (Å²) >= 11 is 1.73. The minimum atomic E-state index is -3.60. The minimum Gasteiger partial charge on any atom is -0.445 e. The number of nitrogens with one attached hydrogen (secondary N) is 2. The maximum absolute atomic E-state index is 13.1. The molecule has 1 atom stereocenters. The lowest BCUT2D eigenvalue weighted by molar-refractivity contribution is -0.00120. The Kier molecular flexibility index (Phi) is 22.9. The lowest BCUT2D eigenvalue weighted by atomic mass is 9.83. The zero-order valence-electron chi connectivity index (χ0n) is 25.7. The summed E-state index contributed by atoms with van der Waals surface area (Å²) in [6.07, 6.45) is 0.286. The van der Waals surface area contributed by atoms with E-state index in [1.165, 1.54) is 4.31 Å². The maximum Gasteiger partial charge on any atom is 0.407 e. The molecule has 0 aromatic rings. The molecule has 1 aliphatic rings. The fraction of sp³-hybridized carbons (Fsp3) is 0.962. The van der Waals surface area contributed by atoms with Crippen molar-refractivity contribution in [2.75, 3.05) is 116 Å². The number of carbonyl (C=O) groups excluding carboxylic acids is 1. The van der Waals surface area contributed by atoms with E-state index in [-0.39, 0.29) is 18.9 Å². The van der Waals surface area contributed by atoms with Crippen LogP contribution in [-0.2, 0) is 33.7 Å². The Morgan fingerprint density at radius 2 is 1.58 bits per heavy atom. The van der Waals surface area contributed by atoms with Crippen LogP contribution in [0.2, 0.25) is 0 Å². The van der Waals surface area contributed by atoms with Gasteiger partial charge in [-0.15, -0.1) is 0 Å². The standard InChI is InChI=1S/C26H52N6O9S2/c1-26(2,24(41-25(34)29-7-3-12-33)23-43(35,36)32-10-21-42-22-11-32)5-8-28-6-4-13-37-15-17-39-19-20-40-18-16-38-14-9-30-31-27/h24,28,33H,3-23H2,1-2H3,(H,29,34). The molecule has 17 heteroatoms. The number of sulfonamides is 1. The first-order chi connectivity index (χ1) is 20.7. The molecule has 43 heavy (non-hydrogen) atoms. The molecule has 1 rings (SSSR count). The van der Waals surface area contributed by atoms with Crippen LogP contribution in [0.25, 0.3) is 10.4 Å². The molecule has 15 nitrogen and oxygen atoms in total. The number of aliphatic hydroxyl groups excluding tert-OH is 1. The van der Waals surface area contributed by atoms with Gasteiger partial charge in [0.1, 0.15) is 11.9 Å². The Balaban J connectivity index is 2.24. The molecular weight excluding hydrogens is 604 g/mol. The lowest BCUT2D eigenvalue weighted by Gasteiger charge is -2.35. The number of rotatable bonds is 27. The predicted molar refractivity (Wildman–Crippen MR) is 166 cm³/mol. The van der Waals surface area contributed by atoms with Gasteiger partial charge < -0.3 is 39.4 Å². The number of hydrogen-bond donors (Lipinski definition) is 3. The number of azide groups is 1. The third kappa shape index (κ3) is 20.3. The van der Waals surface area contributed by atoms with E-state index in [4.69, 9.17) is 34.3 Å². The Morgan fingerprint density at radius 1 is 0.977 bits per heavy atom. The molecule has 0 spiro atoms. The number of aliphatic hydroxyl groups is 1. The second-order valence-corrected chi connectivity index (χ2v) is 13.7. The number of alkyl carbamates (subject to hydrolysis) is 1. The van der Waals surface area contributed by atoms with Crippen LogP contribution < -0.4 is 10.6 Å². The number of thioether (sulfide) groups is 1. The van der Waals surface area contributed by atoms with Gasteiger partial charge in [-0.25, -0.2) is 17.5 Å². The highest BCUT2D eigenvalue weighted by molar-refractivity contribution is 7.99. The van der Waals surface area contributed by atoms with Crippen molar-refractivity contribution in [3.63, 3.8) is 0 Å². The highest BCUT2D eigenvalue weighted by Crippen LogP contribution is 2.30. The SMILES string of the molecule is CC(C)(CCNCCCOCCOCCOCCOCCN=[N+]=[N-])C(CS(=O)(=O)N1CCSCC1)OC(=O)NCCCO. The Bertz CT molecular complexity index is 873. The van der Waals surface area contributed by atoms with Crippen molar-refractivity contribution in [3.8, 4) is 0 Å². The molecule has 0 aliphatic carbocycles. The van der Waals surface area contributed by atoms with Crippen LogP contribution in [0, 0.1) is 5.41 Å². The van der Waals surface area contributed by atoms with Gasteiger partial charge in [0, 0.05) is 61.2 Å². The van der Waals surface area contributed by atoms with Crippen LogP contribution in [0.5, 0.6) is 0 Å². The zero-order chi connectivity index (χ0) is 31.7. The Hall–Kier alpha value is -1.40. The third-order valence-corrected chi connectivity index (χ3v) is 9.37. The molecule has 1 fully saturated rings. The molecule has 1 aliphatic heterocycles. The number of ether oxygens (including phenoxy) is 5. The van der Waals surface area contributed by atoms with E-state index in [0.29, 0.717) is 91.9 Å². The number of carbonyl (C=O) groups is 1. The summed E-state index contributed by atoms with van der Waals surface area (Å²) in [5.41, 5.74) is 7.56. The molecule has 1 amide bonds.